The Morgan fingerprint density at radius 3 is 0.867 bits per heavy atom. The van der Waals surface area contributed by atoms with Gasteiger partial charge < -0.3 is 19.6 Å². The molecule has 4 nitrogen and oxygen atoms in total. The minimum Gasteiger partial charge on any atom is -0.312 e. The molecule has 15 rings (SSSR count). The first-order valence-corrected chi connectivity index (χ1v) is 30.6. The Kier molecular flexibility index (Phi) is 10.7. The summed E-state index contributed by atoms with van der Waals surface area (Å²) >= 11 is 0. The fourth-order valence-corrected chi connectivity index (χ4v) is 15.6. The Morgan fingerprint density at radius 2 is 0.530 bits per heavy atom. The predicted octanol–water partition coefficient (Wildman–Crippen LogP) is 14.0. The topological polar surface area (TPSA) is 13.0 Å². The Hall–Kier alpha value is -7.63. The van der Waals surface area contributed by atoms with E-state index >= 15 is 0 Å². The number of benzene rings is 9. The number of fused-ring (bicyclic) bond motifs is 14. The van der Waals surface area contributed by atoms with Gasteiger partial charge in [0.2, 0.25) is 0 Å². The molecule has 83 heavy (non-hydrogen) atoms. The highest BCUT2D eigenvalue weighted by Crippen LogP contribution is 2.53. The van der Waals surface area contributed by atoms with E-state index in [-0.39, 0.29) is 41.8 Å². The van der Waals surface area contributed by atoms with Crippen LogP contribution < -0.4 is 68.8 Å². The molecule has 9 aromatic carbocycles. The second-order valence-electron chi connectivity index (χ2n) is 30.0. The van der Waals surface area contributed by atoms with Crippen LogP contribution in [-0.4, -0.2) is 20.1 Å². The van der Waals surface area contributed by atoms with Crippen molar-refractivity contribution in [3.05, 3.63) is 195 Å². The third kappa shape index (κ3) is 7.47. The lowest BCUT2D eigenvalue weighted by Crippen LogP contribution is -2.72. The molecule has 6 aliphatic heterocycles. The highest BCUT2D eigenvalue weighted by Gasteiger charge is 2.56. The molecule has 0 amide bonds. The highest BCUT2D eigenvalue weighted by molar-refractivity contribution is 7.07. The van der Waals surface area contributed by atoms with Gasteiger partial charge in [-0.05, 0) is 241 Å². The summed E-state index contributed by atoms with van der Waals surface area (Å²) in [6.07, 6.45) is 0. The van der Waals surface area contributed by atoms with E-state index in [1.54, 1.807) is 0 Å². The molecule has 0 bridgehead atoms. The van der Waals surface area contributed by atoms with E-state index < -0.39 is 0 Å². The van der Waals surface area contributed by atoms with Crippen LogP contribution in [0, 0.1) is 41.5 Å². The molecule has 0 saturated carbocycles. The molecule has 0 fully saturated rings. The van der Waals surface area contributed by atoms with E-state index in [2.05, 4.69) is 284 Å². The molecule has 0 spiro atoms. The van der Waals surface area contributed by atoms with Crippen LogP contribution in [0.1, 0.15) is 139 Å². The van der Waals surface area contributed by atoms with E-state index in [4.69, 9.17) is 0 Å². The molecule has 0 N–H and O–H groups in total. The smallest absolute Gasteiger partial charge is 0.252 e. The van der Waals surface area contributed by atoms with Gasteiger partial charge in [-0.2, -0.15) is 0 Å². The van der Waals surface area contributed by atoms with E-state index in [1.165, 1.54) is 173 Å². The van der Waals surface area contributed by atoms with Crippen molar-refractivity contribution >= 4 is 138 Å². The number of anilines is 12. The molecular formula is C76H77B3N4. The fraction of sp³-hybridized carbons (Fsp3) is 0.289. The molecule has 7 heteroatoms. The highest BCUT2D eigenvalue weighted by atomic mass is 15.2. The van der Waals surface area contributed by atoms with Crippen LogP contribution >= 0.6 is 0 Å². The number of aryl methyl sites for hydroxylation is 6. The van der Waals surface area contributed by atoms with Crippen molar-refractivity contribution in [3.8, 4) is 0 Å². The lowest BCUT2D eigenvalue weighted by Gasteiger charge is -2.53. The van der Waals surface area contributed by atoms with Gasteiger partial charge >= 0.3 is 0 Å². The average molecular weight is 1080 g/mol. The van der Waals surface area contributed by atoms with Crippen molar-refractivity contribution in [3.63, 3.8) is 0 Å². The first kappa shape index (κ1) is 52.2. The van der Waals surface area contributed by atoms with Gasteiger partial charge in [0.25, 0.3) is 20.1 Å². The monoisotopic (exact) mass is 1080 g/mol. The zero-order chi connectivity index (χ0) is 58.2. The van der Waals surface area contributed by atoms with Gasteiger partial charge in [-0.25, -0.2) is 0 Å². The fourth-order valence-electron chi connectivity index (χ4n) is 15.6. The summed E-state index contributed by atoms with van der Waals surface area (Å²) in [6.45, 7) is 42.1. The molecule has 0 atom stereocenters. The Morgan fingerprint density at radius 1 is 0.241 bits per heavy atom. The SMILES string of the molecule is Cc1cc(C)cc(N2c3cc(C)ccc3B3c4cc5c6c7c4N(c4cc(C(C)(C)C)ccc4B7c4ccc(C(C)(C)C)cc4N6c4cc(C(C)(C)C)cc6c4B5c4ccc(C)cc4N6c4cc(C)cc(C)c4)c4cc(C(C)(C)C)cc2c43)c1. The van der Waals surface area contributed by atoms with Gasteiger partial charge in [0, 0.05) is 68.2 Å². The second-order valence-corrected chi connectivity index (χ2v) is 30.0. The molecule has 6 heterocycles. The van der Waals surface area contributed by atoms with Crippen LogP contribution in [0.2, 0.25) is 0 Å². The first-order valence-electron chi connectivity index (χ1n) is 30.6. The zero-order valence-electron chi connectivity index (χ0n) is 52.3. The molecule has 410 valence electrons. The zero-order valence-corrected chi connectivity index (χ0v) is 52.3. The average Bonchev–Trinajstić information content (AvgIpc) is 1.50. The minimum absolute atomic E-state index is 0.0291. The first-order chi connectivity index (χ1) is 39.1. The third-order valence-electron chi connectivity index (χ3n) is 19.6. The van der Waals surface area contributed by atoms with Crippen LogP contribution in [-0.2, 0) is 21.7 Å². The summed E-state index contributed by atoms with van der Waals surface area (Å²) in [5.74, 6) is 0. The maximum absolute atomic E-state index is 2.80. The normalized spacial score (nSPS) is 14.9. The Bertz CT molecular complexity index is 4070. The number of nitrogens with zero attached hydrogens (tertiary/aromatic N) is 4. The minimum atomic E-state index is -0.147. The van der Waals surface area contributed by atoms with Crippen molar-refractivity contribution in [2.24, 2.45) is 0 Å². The van der Waals surface area contributed by atoms with Crippen LogP contribution in [0.25, 0.3) is 0 Å². The van der Waals surface area contributed by atoms with Gasteiger partial charge in [-0.15, -0.1) is 0 Å². The number of rotatable bonds is 2. The van der Waals surface area contributed by atoms with Crippen LogP contribution in [0.15, 0.2) is 140 Å². The van der Waals surface area contributed by atoms with Crippen molar-refractivity contribution in [1.29, 1.82) is 0 Å². The molecule has 0 aliphatic carbocycles. The largest absolute Gasteiger partial charge is 0.312 e. The molecule has 0 unspecified atom stereocenters. The Labute approximate surface area is 495 Å². The third-order valence-corrected chi connectivity index (χ3v) is 19.6. The maximum atomic E-state index is 2.80. The lowest BCUT2D eigenvalue weighted by molar-refractivity contribution is 0.590. The molecular weight excluding hydrogens is 1000 g/mol. The summed E-state index contributed by atoms with van der Waals surface area (Å²) in [5.41, 5.74) is 40.4. The van der Waals surface area contributed by atoms with Crippen molar-refractivity contribution in [1.82, 2.24) is 0 Å². The molecule has 0 radical (unpaired) electrons. The van der Waals surface area contributed by atoms with Crippen molar-refractivity contribution < 1.29 is 0 Å². The maximum Gasteiger partial charge on any atom is 0.252 e. The van der Waals surface area contributed by atoms with E-state index in [0.717, 1.165) is 0 Å². The molecule has 6 aliphatic rings. The molecule has 9 aromatic rings. The summed E-state index contributed by atoms with van der Waals surface area (Å²) < 4.78 is 0. The lowest BCUT2D eigenvalue weighted by atomic mass is 9.25. The van der Waals surface area contributed by atoms with E-state index in [1.807, 2.05) is 0 Å². The van der Waals surface area contributed by atoms with Crippen LogP contribution in [0.3, 0.4) is 0 Å². The molecule has 0 aromatic heterocycles. The molecule has 0 saturated heterocycles. The second kappa shape index (κ2) is 17.0. The summed E-state index contributed by atoms with van der Waals surface area (Å²) in [6, 6.07) is 57.3. The van der Waals surface area contributed by atoms with Crippen molar-refractivity contribution in [2.45, 2.75) is 146 Å². The summed E-state index contributed by atoms with van der Waals surface area (Å²) in [5, 5.41) is 0. The summed E-state index contributed by atoms with van der Waals surface area (Å²) in [4.78, 5) is 10.9. The van der Waals surface area contributed by atoms with Gasteiger partial charge in [0.1, 0.15) is 0 Å². The standard InChI is InChI=1S/C76H77B3N4/c1-42-19-23-54-60(33-42)80(52-29-44(3)27-45(4)30-52)64-37-50(75(13,14)15)39-66-68(64)78(54)58-41-59-72-70-71(58)82(66)62-35-48(73(7,8)9)21-25-56(62)77(70)57-26-22-49(74(10,11)12)36-63(57)83(72)67-40-51(76(16,17)18)38-65-69(67)79(59)55-24-20-43(2)34-61(55)81(65)53-31-46(5)28-47(6)32-53/h19-41H,1-18H3. The predicted molar refractivity (Wildman–Crippen MR) is 362 cm³/mol. The van der Waals surface area contributed by atoms with Crippen LogP contribution in [0.4, 0.5) is 68.2 Å². The number of hydrogen-bond acceptors (Lipinski definition) is 4. The van der Waals surface area contributed by atoms with Crippen molar-refractivity contribution in [2.75, 3.05) is 19.6 Å². The van der Waals surface area contributed by atoms with Crippen LogP contribution in [0.5, 0.6) is 0 Å². The Balaban J connectivity index is 1.15. The van der Waals surface area contributed by atoms with Gasteiger partial charge in [0.15, 0.2) is 0 Å². The van der Waals surface area contributed by atoms with Gasteiger partial charge in [-0.3, -0.25) is 0 Å². The number of hydrogen-bond donors (Lipinski definition) is 0. The quantitative estimate of drug-likeness (QED) is 0.160. The summed E-state index contributed by atoms with van der Waals surface area (Å²) in [7, 11) is 0. The van der Waals surface area contributed by atoms with Gasteiger partial charge in [-0.1, -0.05) is 150 Å². The van der Waals surface area contributed by atoms with E-state index in [0.29, 0.717) is 0 Å². The van der Waals surface area contributed by atoms with E-state index in [9.17, 15) is 0 Å². The van der Waals surface area contributed by atoms with Gasteiger partial charge in [0.05, 0.1) is 0 Å².